The van der Waals surface area contributed by atoms with Crippen molar-refractivity contribution in [2.45, 2.75) is 20.0 Å². The molecule has 0 bridgehead atoms. The second-order valence-electron chi connectivity index (χ2n) is 3.97. The molecule has 19 heavy (non-hydrogen) atoms. The molecule has 0 fully saturated rings. The van der Waals surface area contributed by atoms with Crippen LogP contribution >= 0.6 is 0 Å². The summed E-state index contributed by atoms with van der Waals surface area (Å²) in [6.45, 7) is 6.03. The van der Waals surface area contributed by atoms with Gasteiger partial charge in [0, 0.05) is 20.0 Å². The van der Waals surface area contributed by atoms with Crippen molar-refractivity contribution in [1.82, 2.24) is 10.6 Å². The van der Waals surface area contributed by atoms with Crippen LogP contribution in [0.25, 0.3) is 0 Å². The molecular formula is C14H18N2O3. The van der Waals surface area contributed by atoms with E-state index >= 15 is 0 Å². The largest absolute Gasteiger partial charge is 0.445 e. The number of carbonyl (C=O) groups is 2. The lowest BCUT2D eigenvalue weighted by atomic mass is 10.1. The highest BCUT2D eigenvalue weighted by Crippen LogP contribution is 2.04. The van der Waals surface area contributed by atoms with Crippen molar-refractivity contribution in [3.63, 3.8) is 0 Å². The second-order valence-corrected chi connectivity index (χ2v) is 3.97. The molecule has 0 atom stereocenters. The third-order valence-corrected chi connectivity index (χ3v) is 2.33. The third kappa shape index (κ3) is 6.26. The molecule has 0 radical (unpaired) electrons. The van der Waals surface area contributed by atoms with Crippen LogP contribution < -0.4 is 10.6 Å². The van der Waals surface area contributed by atoms with Gasteiger partial charge in [0.1, 0.15) is 6.61 Å². The molecule has 102 valence electrons. The lowest BCUT2D eigenvalue weighted by Crippen LogP contribution is -2.23. The van der Waals surface area contributed by atoms with Gasteiger partial charge in [-0.1, -0.05) is 36.9 Å². The molecule has 2 amide bonds. The Morgan fingerprint density at radius 2 is 1.68 bits per heavy atom. The molecule has 0 aliphatic heterocycles. The van der Waals surface area contributed by atoms with Crippen molar-refractivity contribution in [2.24, 2.45) is 0 Å². The van der Waals surface area contributed by atoms with Crippen LogP contribution in [0.2, 0.25) is 0 Å². The molecule has 0 saturated carbocycles. The number of rotatable bonds is 6. The molecule has 0 aliphatic carbocycles. The van der Waals surface area contributed by atoms with Crippen molar-refractivity contribution in [2.75, 3.05) is 6.61 Å². The summed E-state index contributed by atoms with van der Waals surface area (Å²) in [5.41, 5.74) is 1.97. The highest BCUT2D eigenvalue weighted by Gasteiger charge is 2.01. The minimum absolute atomic E-state index is 0.0595. The zero-order valence-electron chi connectivity index (χ0n) is 10.9. The fourth-order valence-corrected chi connectivity index (χ4v) is 1.36. The van der Waals surface area contributed by atoms with Crippen LogP contribution in [-0.2, 0) is 22.6 Å². The minimum atomic E-state index is -0.470. The van der Waals surface area contributed by atoms with Crippen LogP contribution in [0.1, 0.15) is 18.1 Å². The summed E-state index contributed by atoms with van der Waals surface area (Å²) in [5.74, 6) is -0.0595. The number of ether oxygens (including phenoxy) is 1. The van der Waals surface area contributed by atoms with E-state index in [2.05, 4.69) is 17.2 Å². The molecule has 5 heteroatoms. The van der Waals surface area contributed by atoms with Gasteiger partial charge in [0.15, 0.2) is 0 Å². The first kappa shape index (κ1) is 14.8. The maximum absolute atomic E-state index is 11.2. The van der Waals surface area contributed by atoms with E-state index < -0.39 is 6.09 Å². The number of alkyl carbamates (subject to hydrolysis) is 1. The average Bonchev–Trinajstić information content (AvgIpc) is 2.41. The standard InChI is InChI=1S/C14H18N2O3/c1-3-8-19-14(18)16-10-13-6-4-12(5-7-13)9-15-11(2)17/h3-7H,1,8-10H2,2H3,(H,15,17)(H,16,18). The van der Waals surface area contributed by atoms with Gasteiger partial charge in [0.05, 0.1) is 0 Å². The molecule has 0 unspecified atom stereocenters. The maximum atomic E-state index is 11.2. The second kappa shape index (κ2) is 7.92. The number of amides is 2. The van der Waals surface area contributed by atoms with Gasteiger partial charge in [-0.05, 0) is 11.1 Å². The van der Waals surface area contributed by atoms with Gasteiger partial charge in [-0.2, -0.15) is 0 Å². The molecule has 1 aromatic rings. The smallest absolute Gasteiger partial charge is 0.407 e. The van der Waals surface area contributed by atoms with Gasteiger partial charge < -0.3 is 15.4 Å². The summed E-state index contributed by atoms with van der Waals surface area (Å²) in [4.78, 5) is 22.0. The van der Waals surface area contributed by atoms with Crippen molar-refractivity contribution in [3.05, 3.63) is 48.0 Å². The minimum Gasteiger partial charge on any atom is -0.445 e. The maximum Gasteiger partial charge on any atom is 0.407 e. The van der Waals surface area contributed by atoms with E-state index in [9.17, 15) is 9.59 Å². The summed E-state index contributed by atoms with van der Waals surface area (Å²) in [7, 11) is 0. The van der Waals surface area contributed by atoms with Crippen molar-refractivity contribution in [1.29, 1.82) is 0 Å². The lowest BCUT2D eigenvalue weighted by molar-refractivity contribution is -0.119. The van der Waals surface area contributed by atoms with Gasteiger partial charge >= 0.3 is 6.09 Å². The quantitative estimate of drug-likeness (QED) is 0.767. The molecule has 5 nitrogen and oxygen atoms in total. The van der Waals surface area contributed by atoms with Gasteiger partial charge in [-0.15, -0.1) is 0 Å². The topological polar surface area (TPSA) is 67.4 Å². The highest BCUT2D eigenvalue weighted by atomic mass is 16.5. The summed E-state index contributed by atoms with van der Waals surface area (Å²) in [6.07, 6.45) is 1.04. The van der Waals surface area contributed by atoms with Crippen LogP contribution in [-0.4, -0.2) is 18.6 Å². The van der Waals surface area contributed by atoms with Crippen molar-refractivity contribution < 1.29 is 14.3 Å². The van der Waals surface area contributed by atoms with E-state index in [0.717, 1.165) is 11.1 Å². The normalized spacial score (nSPS) is 9.53. The molecule has 2 N–H and O–H groups in total. The Hall–Kier alpha value is -2.30. The summed E-state index contributed by atoms with van der Waals surface area (Å²) in [6, 6.07) is 7.60. The van der Waals surface area contributed by atoms with Crippen LogP contribution in [0.3, 0.4) is 0 Å². The Morgan fingerprint density at radius 3 is 2.16 bits per heavy atom. The predicted octanol–water partition coefficient (Wildman–Crippen LogP) is 1.73. The van der Waals surface area contributed by atoms with Gasteiger partial charge in [-0.25, -0.2) is 4.79 Å². The predicted molar refractivity (Wildman–Crippen MR) is 72.3 cm³/mol. The Labute approximate surface area is 112 Å². The van der Waals surface area contributed by atoms with E-state index in [1.54, 1.807) is 0 Å². The number of nitrogens with one attached hydrogen (secondary N) is 2. The first-order chi connectivity index (χ1) is 9.11. The van der Waals surface area contributed by atoms with Gasteiger partial charge in [0.2, 0.25) is 5.91 Å². The Bertz CT molecular complexity index is 441. The Balaban J connectivity index is 2.37. The average molecular weight is 262 g/mol. The first-order valence-corrected chi connectivity index (χ1v) is 5.95. The molecule has 0 spiro atoms. The Kier molecular flexibility index (Phi) is 6.15. The molecule has 0 heterocycles. The van der Waals surface area contributed by atoms with Crippen LogP contribution in [0.4, 0.5) is 4.79 Å². The highest BCUT2D eigenvalue weighted by molar-refractivity contribution is 5.72. The van der Waals surface area contributed by atoms with Crippen LogP contribution in [0.15, 0.2) is 36.9 Å². The molecular weight excluding hydrogens is 244 g/mol. The molecule has 1 rings (SSSR count). The third-order valence-electron chi connectivity index (χ3n) is 2.33. The lowest BCUT2D eigenvalue weighted by Gasteiger charge is -2.07. The molecule has 1 aromatic carbocycles. The Morgan fingerprint density at radius 1 is 1.16 bits per heavy atom. The zero-order valence-corrected chi connectivity index (χ0v) is 10.9. The summed E-state index contributed by atoms with van der Waals surface area (Å²) >= 11 is 0. The molecule has 0 saturated heterocycles. The number of hydrogen-bond acceptors (Lipinski definition) is 3. The van der Waals surface area contributed by atoms with E-state index in [0.29, 0.717) is 13.1 Å². The van der Waals surface area contributed by atoms with E-state index in [4.69, 9.17) is 4.74 Å². The van der Waals surface area contributed by atoms with E-state index in [1.807, 2.05) is 24.3 Å². The fraction of sp³-hybridized carbons (Fsp3) is 0.286. The number of benzene rings is 1. The van der Waals surface area contributed by atoms with Gasteiger partial charge in [-0.3, -0.25) is 4.79 Å². The van der Waals surface area contributed by atoms with Crippen molar-refractivity contribution in [3.8, 4) is 0 Å². The first-order valence-electron chi connectivity index (χ1n) is 5.95. The SMILES string of the molecule is C=CCOC(=O)NCc1ccc(CNC(C)=O)cc1. The van der Waals surface area contributed by atoms with E-state index in [1.165, 1.54) is 13.0 Å². The van der Waals surface area contributed by atoms with Gasteiger partial charge in [0.25, 0.3) is 0 Å². The zero-order chi connectivity index (χ0) is 14.1. The number of carbonyl (C=O) groups excluding carboxylic acids is 2. The van der Waals surface area contributed by atoms with Crippen LogP contribution in [0.5, 0.6) is 0 Å². The summed E-state index contributed by atoms with van der Waals surface area (Å²) in [5, 5.41) is 5.34. The number of hydrogen-bond donors (Lipinski definition) is 2. The van der Waals surface area contributed by atoms with Crippen molar-refractivity contribution >= 4 is 12.0 Å². The summed E-state index contributed by atoms with van der Waals surface area (Å²) < 4.78 is 4.79. The van der Waals surface area contributed by atoms with Crippen LogP contribution in [0, 0.1) is 0 Å². The fourth-order valence-electron chi connectivity index (χ4n) is 1.36. The molecule has 0 aromatic heterocycles. The monoisotopic (exact) mass is 262 g/mol. The van der Waals surface area contributed by atoms with E-state index in [-0.39, 0.29) is 12.5 Å². The molecule has 0 aliphatic rings.